The van der Waals surface area contributed by atoms with Crippen LogP contribution in [0, 0.1) is 11.3 Å². The van der Waals surface area contributed by atoms with E-state index in [0.29, 0.717) is 23.4 Å². The number of nitrogens with zero attached hydrogens (tertiary/aromatic N) is 1. The lowest BCUT2D eigenvalue weighted by atomic mass is 9.67. The zero-order valence-corrected chi connectivity index (χ0v) is 14.4. The normalized spacial score (nSPS) is 25.5. The van der Waals surface area contributed by atoms with Crippen molar-refractivity contribution in [3.63, 3.8) is 0 Å². The lowest BCUT2D eigenvalue weighted by Gasteiger charge is -2.40. The Labute approximate surface area is 141 Å². The summed E-state index contributed by atoms with van der Waals surface area (Å²) in [5.74, 6) is -1.15. The van der Waals surface area contributed by atoms with E-state index in [1.165, 1.54) is 7.11 Å². The van der Waals surface area contributed by atoms with E-state index in [0.717, 1.165) is 5.70 Å². The second-order valence-electron chi connectivity index (χ2n) is 7.10. The number of carbonyl (C=O) groups is 2. The van der Waals surface area contributed by atoms with Crippen molar-refractivity contribution in [2.24, 2.45) is 11.3 Å². The molecule has 0 amide bonds. The number of carbonyl (C=O) groups excluding carboxylic acids is 2. The molecule has 0 saturated carbocycles. The quantitative estimate of drug-likeness (QED) is 0.846. The van der Waals surface area contributed by atoms with Gasteiger partial charge in [-0.15, -0.1) is 0 Å². The smallest absolute Gasteiger partial charge is 0.336 e. The van der Waals surface area contributed by atoms with E-state index < -0.39 is 17.8 Å². The zero-order valence-electron chi connectivity index (χ0n) is 14.4. The van der Waals surface area contributed by atoms with E-state index in [2.05, 4.69) is 16.4 Å². The monoisotopic (exact) mass is 326 g/mol. The molecular formula is C19H22N2O3. The van der Waals surface area contributed by atoms with Gasteiger partial charge in [0.25, 0.3) is 0 Å². The van der Waals surface area contributed by atoms with Crippen LogP contribution in [-0.2, 0) is 14.3 Å². The maximum Gasteiger partial charge on any atom is 0.336 e. The minimum absolute atomic E-state index is 0.120. The molecule has 0 aromatic carbocycles. The molecule has 5 nitrogen and oxygen atoms in total. The van der Waals surface area contributed by atoms with Gasteiger partial charge in [-0.1, -0.05) is 26.0 Å². The van der Waals surface area contributed by atoms with Crippen molar-refractivity contribution < 1.29 is 14.3 Å². The van der Waals surface area contributed by atoms with Gasteiger partial charge in [0.05, 0.1) is 24.5 Å². The van der Waals surface area contributed by atoms with Crippen molar-refractivity contribution in [2.45, 2.75) is 33.1 Å². The van der Waals surface area contributed by atoms with Gasteiger partial charge >= 0.3 is 5.97 Å². The van der Waals surface area contributed by atoms with E-state index in [1.807, 2.05) is 39.0 Å². The molecule has 2 aliphatic rings. The van der Waals surface area contributed by atoms with Gasteiger partial charge in [-0.25, -0.2) is 4.79 Å². The SMILES string of the molecule is COC(=O)C1=C(C)NC2=CC(C)(C)CC(=O)[C@@H]2[C@H]1c1ccccn1. The number of Topliss-reactive ketones (excluding diaryl/α,β-unsaturated/α-hetero) is 1. The second kappa shape index (κ2) is 5.89. The number of ketones is 1. The van der Waals surface area contributed by atoms with Crippen molar-refractivity contribution in [3.8, 4) is 0 Å². The molecule has 0 fully saturated rings. The minimum atomic E-state index is -0.425. The van der Waals surface area contributed by atoms with Gasteiger partial charge in [0.1, 0.15) is 5.78 Å². The van der Waals surface area contributed by atoms with Gasteiger partial charge in [0, 0.05) is 29.7 Å². The summed E-state index contributed by atoms with van der Waals surface area (Å²) in [7, 11) is 1.36. The van der Waals surface area contributed by atoms with E-state index in [9.17, 15) is 9.59 Å². The van der Waals surface area contributed by atoms with Gasteiger partial charge < -0.3 is 10.1 Å². The minimum Gasteiger partial charge on any atom is -0.466 e. The van der Waals surface area contributed by atoms with Gasteiger partial charge in [0.2, 0.25) is 0 Å². The maximum atomic E-state index is 12.9. The molecule has 3 rings (SSSR count). The Morgan fingerprint density at radius 3 is 2.71 bits per heavy atom. The number of fused-ring (bicyclic) bond motifs is 1. The third-order valence-corrected chi connectivity index (χ3v) is 4.65. The molecule has 1 aromatic heterocycles. The number of hydrogen-bond donors (Lipinski definition) is 1. The van der Waals surface area contributed by atoms with Crippen LogP contribution < -0.4 is 5.32 Å². The Morgan fingerprint density at radius 2 is 2.08 bits per heavy atom. The fourth-order valence-electron chi connectivity index (χ4n) is 3.73. The fourth-order valence-corrected chi connectivity index (χ4v) is 3.73. The molecule has 1 aliphatic carbocycles. The Balaban J connectivity index is 2.21. The number of hydrogen-bond acceptors (Lipinski definition) is 5. The summed E-state index contributed by atoms with van der Waals surface area (Å²) in [6.45, 7) is 5.92. The third-order valence-electron chi connectivity index (χ3n) is 4.65. The first kappa shape index (κ1) is 16.4. The molecule has 0 bridgehead atoms. The summed E-state index contributed by atoms with van der Waals surface area (Å²) in [6, 6.07) is 5.55. The first-order valence-electron chi connectivity index (χ1n) is 8.06. The van der Waals surface area contributed by atoms with Crippen LogP contribution in [0.5, 0.6) is 0 Å². The highest BCUT2D eigenvalue weighted by Crippen LogP contribution is 2.46. The highest BCUT2D eigenvalue weighted by molar-refractivity contribution is 5.96. The summed E-state index contributed by atoms with van der Waals surface area (Å²) in [6.07, 6.45) is 4.23. The van der Waals surface area contributed by atoms with Crippen LogP contribution in [0.1, 0.15) is 38.8 Å². The molecule has 0 radical (unpaired) electrons. The highest BCUT2D eigenvalue weighted by atomic mass is 16.5. The number of aromatic nitrogens is 1. The standard InChI is InChI=1S/C19H22N2O3/c1-11-15(18(23)24-4)17(12-7-5-6-8-20-12)16-13(21-11)9-19(2,3)10-14(16)22/h5-9,16-17,21H,10H2,1-4H3/t16-,17+/m1/s1. The lowest BCUT2D eigenvalue weighted by molar-refractivity contribution is -0.137. The summed E-state index contributed by atoms with van der Waals surface area (Å²) in [5.41, 5.74) is 2.56. The second-order valence-corrected chi connectivity index (χ2v) is 7.10. The van der Waals surface area contributed by atoms with Crippen LogP contribution in [-0.4, -0.2) is 23.8 Å². The Morgan fingerprint density at radius 1 is 1.33 bits per heavy atom. The van der Waals surface area contributed by atoms with Gasteiger partial charge in [-0.2, -0.15) is 0 Å². The van der Waals surface area contributed by atoms with Crippen LogP contribution in [0.2, 0.25) is 0 Å². The maximum absolute atomic E-state index is 12.9. The molecule has 1 aliphatic heterocycles. The number of allylic oxidation sites excluding steroid dienone is 3. The topological polar surface area (TPSA) is 68.3 Å². The van der Waals surface area contributed by atoms with Crippen LogP contribution in [0.4, 0.5) is 0 Å². The molecule has 2 heterocycles. The Bertz CT molecular complexity index is 747. The predicted octanol–water partition coefficient (Wildman–Crippen LogP) is 2.71. The first-order valence-corrected chi connectivity index (χ1v) is 8.06. The third kappa shape index (κ3) is 2.75. The zero-order chi connectivity index (χ0) is 17.5. The summed E-state index contributed by atoms with van der Waals surface area (Å²) in [4.78, 5) is 29.7. The molecule has 2 atom stereocenters. The van der Waals surface area contributed by atoms with E-state index in [1.54, 1.807) is 6.20 Å². The number of ether oxygens (including phenoxy) is 1. The average Bonchev–Trinajstić information content (AvgIpc) is 2.52. The largest absolute Gasteiger partial charge is 0.466 e. The Kier molecular flexibility index (Phi) is 4.03. The highest BCUT2D eigenvalue weighted by Gasteiger charge is 2.46. The van der Waals surface area contributed by atoms with E-state index in [-0.39, 0.29) is 11.2 Å². The molecule has 24 heavy (non-hydrogen) atoms. The summed E-state index contributed by atoms with van der Waals surface area (Å²) in [5, 5.41) is 3.26. The number of nitrogens with one attached hydrogen (secondary N) is 1. The van der Waals surface area contributed by atoms with Crippen molar-refractivity contribution in [1.29, 1.82) is 0 Å². The van der Waals surface area contributed by atoms with Crippen molar-refractivity contribution >= 4 is 11.8 Å². The van der Waals surface area contributed by atoms with Crippen molar-refractivity contribution in [3.05, 3.63) is 53.1 Å². The van der Waals surface area contributed by atoms with Gasteiger partial charge in [-0.3, -0.25) is 9.78 Å². The van der Waals surface area contributed by atoms with Crippen LogP contribution in [0.3, 0.4) is 0 Å². The lowest BCUT2D eigenvalue weighted by Crippen LogP contribution is -2.43. The number of methoxy groups -OCH3 is 1. The predicted molar refractivity (Wildman–Crippen MR) is 89.8 cm³/mol. The van der Waals surface area contributed by atoms with Crippen molar-refractivity contribution in [2.75, 3.05) is 7.11 Å². The number of esters is 1. The summed E-state index contributed by atoms with van der Waals surface area (Å²) < 4.78 is 4.97. The first-order chi connectivity index (χ1) is 11.3. The molecule has 126 valence electrons. The Hall–Kier alpha value is -2.43. The number of rotatable bonds is 2. The van der Waals surface area contributed by atoms with Crippen LogP contribution in [0.25, 0.3) is 0 Å². The molecular weight excluding hydrogens is 304 g/mol. The van der Waals surface area contributed by atoms with Crippen LogP contribution in [0.15, 0.2) is 47.4 Å². The van der Waals surface area contributed by atoms with Gasteiger partial charge in [0.15, 0.2) is 0 Å². The molecule has 1 aromatic rings. The molecule has 0 saturated heterocycles. The molecule has 5 heteroatoms. The van der Waals surface area contributed by atoms with Crippen LogP contribution >= 0.6 is 0 Å². The van der Waals surface area contributed by atoms with E-state index >= 15 is 0 Å². The van der Waals surface area contributed by atoms with Crippen molar-refractivity contribution in [1.82, 2.24) is 10.3 Å². The number of pyridine rings is 1. The fraction of sp³-hybridized carbons (Fsp3) is 0.421. The van der Waals surface area contributed by atoms with Gasteiger partial charge in [-0.05, 0) is 24.5 Å². The molecule has 0 unspecified atom stereocenters. The average molecular weight is 326 g/mol. The molecule has 0 spiro atoms. The van der Waals surface area contributed by atoms with E-state index in [4.69, 9.17) is 4.74 Å². The molecule has 1 N–H and O–H groups in total. The summed E-state index contributed by atoms with van der Waals surface area (Å²) >= 11 is 0.